The summed E-state index contributed by atoms with van der Waals surface area (Å²) in [4.78, 5) is 15.4. The number of carboxylic acid groups (broad SMARTS) is 1. The minimum absolute atomic E-state index is 0.0420. The standard InChI is InChI=1S/C28H33FN2O5S2/c1-3-4-5-6-18-7-9-19(10-8-18)20-11-13-22(23(29)15-20)27-30-26(17-37-27)38(34,35)31-24-14-12-21(28(32)33)16-25(24)36-2/h11-19,31H,3-10H2,1-2H3,(H,32,33)/t18-,19-. The van der Waals surface area contributed by atoms with E-state index in [0.29, 0.717) is 5.92 Å². The second-order valence-electron chi connectivity index (χ2n) is 9.77. The number of thiazole rings is 1. The van der Waals surface area contributed by atoms with E-state index in [1.807, 2.05) is 6.07 Å². The van der Waals surface area contributed by atoms with E-state index in [1.165, 1.54) is 69.2 Å². The van der Waals surface area contributed by atoms with Crippen LogP contribution < -0.4 is 9.46 Å². The first-order valence-corrected chi connectivity index (χ1v) is 15.3. The molecule has 1 heterocycles. The van der Waals surface area contributed by atoms with Crippen LogP contribution in [0, 0.1) is 11.7 Å². The van der Waals surface area contributed by atoms with Gasteiger partial charge in [-0.1, -0.05) is 38.7 Å². The number of hydrogen-bond donors (Lipinski definition) is 2. The molecule has 0 saturated heterocycles. The quantitative estimate of drug-likeness (QED) is 0.238. The fourth-order valence-electron chi connectivity index (χ4n) is 5.04. The molecule has 1 saturated carbocycles. The number of hydrogen-bond acceptors (Lipinski definition) is 6. The average molecular weight is 561 g/mol. The van der Waals surface area contributed by atoms with Crippen LogP contribution >= 0.6 is 11.3 Å². The van der Waals surface area contributed by atoms with Crippen LogP contribution in [0.2, 0.25) is 0 Å². The van der Waals surface area contributed by atoms with E-state index in [-0.39, 0.29) is 32.6 Å². The number of carbonyl (C=O) groups is 1. The highest BCUT2D eigenvalue weighted by atomic mass is 32.2. The number of unbranched alkanes of at least 4 members (excludes halogenated alkanes) is 2. The number of nitrogens with zero attached hydrogens (tertiary/aromatic N) is 1. The number of sulfonamides is 1. The molecule has 1 fully saturated rings. The lowest BCUT2D eigenvalue weighted by Gasteiger charge is -2.29. The Hall–Kier alpha value is -2.98. The summed E-state index contributed by atoms with van der Waals surface area (Å²) in [6.45, 7) is 2.22. The zero-order valence-electron chi connectivity index (χ0n) is 21.6. The van der Waals surface area contributed by atoms with Crippen molar-refractivity contribution in [2.24, 2.45) is 5.92 Å². The molecule has 4 rings (SSSR count). The van der Waals surface area contributed by atoms with Gasteiger partial charge >= 0.3 is 5.97 Å². The zero-order chi connectivity index (χ0) is 27.3. The number of nitrogens with one attached hydrogen (secondary N) is 1. The fourth-order valence-corrected chi connectivity index (χ4v) is 7.23. The van der Waals surface area contributed by atoms with Crippen LogP contribution in [-0.2, 0) is 10.0 Å². The summed E-state index contributed by atoms with van der Waals surface area (Å²) in [5.41, 5.74) is 1.28. The smallest absolute Gasteiger partial charge is 0.335 e. The molecule has 2 N–H and O–H groups in total. The van der Waals surface area contributed by atoms with Gasteiger partial charge in [-0.2, -0.15) is 8.42 Å². The van der Waals surface area contributed by atoms with Crippen molar-refractivity contribution in [2.45, 2.75) is 69.2 Å². The Morgan fingerprint density at radius 2 is 1.92 bits per heavy atom. The second kappa shape index (κ2) is 12.3. The van der Waals surface area contributed by atoms with Crippen molar-refractivity contribution >= 4 is 33.0 Å². The first-order chi connectivity index (χ1) is 18.2. The maximum absolute atomic E-state index is 15.2. The van der Waals surface area contributed by atoms with Crippen molar-refractivity contribution in [3.05, 3.63) is 58.7 Å². The molecule has 0 spiro atoms. The molecule has 204 valence electrons. The van der Waals surface area contributed by atoms with Gasteiger partial charge in [-0.05, 0) is 73.4 Å². The molecule has 0 aliphatic heterocycles. The van der Waals surface area contributed by atoms with Crippen LogP contribution in [0.4, 0.5) is 10.1 Å². The number of anilines is 1. The molecule has 0 atom stereocenters. The van der Waals surface area contributed by atoms with Crippen molar-refractivity contribution < 1.29 is 27.4 Å². The maximum atomic E-state index is 15.2. The third kappa shape index (κ3) is 6.53. The van der Waals surface area contributed by atoms with Crippen LogP contribution in [0.25, 0.3) is 10.6 Å². The molecule has 38 heavy (non-hydrogen) atoms. The van der Waals surface area contributed by atoms with Gasteiger partial charge in [0.2, 0.25) is 0 Å². The van der Waals surface area contributed by atoms with E-state index in [9.17, 15) is 13.2 Å². The molecule has 10 heteroatoms. The molecule has 0 radical (unpaired) electrons. The predicted molar refractivity (Wildman–Crippen MR) is 147 cm³/mol. The highest BCUT2D eigenvalue weighted by Gasteiger charge is 2.25. The monoisotopic (exact) mass is 560 g/mol. The summed E-state index contributed by atoms with van der Waals surface area (Å²) in [6.07, 6.45) is 9.61. The Kier molecular flexibility index (Phi) is 9.04. The summed E-state index contributed by atoms with van der Waals surface area (Å²) < 4.78 is 48.6. The van der Waals surface area contributed by atoms with Crippen molar-refractivity contribution in [1.82, 2.24) is 4.98 Å². The van der Waals surface area contributed by atoms with Crippen LogP contribution in [-0.4, -0.2) is 31.6 Å². The lowest BCUT2D eigenvalue weighted by molar-refractivity contribution is 0.0696. The average Bonchev–Trinajstić information content (AvgIpc) is 3.40. The Morgan fingerprint density at radius 3 is 2.58 bits per heavy atom. The van der Waals surface area contributed by atoms with Gasteiger partial charge in [-0.15, -0.1) is 11.3 Å². The van der Waals surface area contributed by atoms with Crippen LogP contribution in [0.5, 0.6) is 5.75 Å². The first kappa shape index (κ1) is 28.0. The minimum atomic E-state index is -4.12. The summed E-state index contributed by atoms with van der Waals surface area (Å²) in [5.74, 6) is -0.392. The molecule has 1 aliphatic rings. The van der Waals surface area contributed by atoms with E-state index in [2.05, 4.69) is 16.6 Å². The predicted octanol–water partition coefficient (Wildman–Crippen LogP) is 7.31. The molecule has 0 amide bonds. The summed E-state index contributed by atoms with van der Waals surface area (Å²) in [6, 6.07) is 9.00. The zero-order valence-corrected chi connectivity index (χ0v) is 23.2. The number of aromatic nitrogens is 1. The molecular weight excluding hydrogens is 527 g/mol. The Morgan fingerprint density at radius 1 is 1.16 bits per heavy atom. The third-order valence-corrected chi connectivity index (χ3v) is 9.48. The number of halogens is 1. The van der Waals surface area contributed by atoms with E-state index >= 15 is 4.39 Å². The topological polar surface area (TPSA) is 106 Å². The number of benzene rings is 2. The second-order valence-corrected chi connectivity index (χ2v) is 12.3. The molecule has 0 bridgehead atoms. The van der Waals surface area contributed by atoms with Crippen LogP contribution in [0.15, 0.2) is 46.8 Å². The van der Waals surface area contributed by atoms with Gasteiger partial charge in [-0.3, -0.25) is 4.72 Å². The van der Waals surface area contributed by atoms with Gasteiger partial charge in [0, 0.05) is 10.9 Å². The third-order valence-electron chi connectivity index (χ3n) is 7.21. The number of rotatable bonds is 11. The SMILES string of the molecule is CCCCC[C@H]1CC[C@H](c2ccc(-c3nc(S(=O)(=O)Nc4ccc(C(=O)O)cc4OC)cs3)c(F)c2)CC1. The summed E-state index contributed by atoms with van der Waals surface area (Å²) >= 11 is 1.04. The molecule has 3 aromatic rings. The fraction of sp³-hybridized carbons (Fsp3) is 0.429. The number of carboxylic acids is 1. The molecule has 7 nitrogen and oxygen atoms in total. The highest BCUT2D eigenvalue weighted by Crippen LogP contribution is 2.39. The highest BCUT2D eigenvalue weighted by molar-refractivity contribution is 7.92. The Labute approximate surface area is 227 Å². The lowest BCUT2D eigenvalue weighted by Crippen LogP contribution is -2.14. The summed E-state index contributed by atoms with van der Waals surface area (Å²) in [7, 11) is -2.81. The number of ether oxygens (including phenoxy) is 1. The van der Waals surface area contributed by atoms with Crippen LogP contribution in [0.3, 0.4) is 0 Å². The van der Waals surface area contributed by atoms with Crippen molar-refractivity contribution in [3.63, 3.8) is 0 Å². The van der Waals surface area contributed by atoms with Gasteiger partial charge in [-0.25, -0.2) is 14.2 Å². The van der Waals surface area contributed by atoms with E-state index in [1.54, 1.807) is 12.1 Å². The molecular formula is C28H33FN2O5S2. The molecule has 2 aromatic carbocycles. The largest absolute Gasteiger partial charge is 0.495 e. The number of methoxy groups -OCH3 is 1. The van der Waals surface area contributed by atoms with Crippen LogP contribution in [0.1, 0.15) is 80.1 Å². The van der Waals surface area contributed by atoms with Gasteiger partial charge in [0.05, 0.1) is 18.4 Å². The summed E-state index contributed by atoms with van der Waals surface area (Å²) in [5, 5.41) is 10.5. The Bertz CT molecular complexity index is 1380. The van der Waals surface area contributed by atoms with E-state index in [0.717, 1.165) is 35.7 Å². The van der Waals surface area contributed by atoms with Gasteiger partial charge < -0.3 is 9.84 Å². The maximum Gasteiger partial charge on any atom is 0.335 e. The lowest BCUT2D eigenvalue weighted by atomic mass is 9.77. The first-order valence-electron chi connectivity index (χ1n) is 12.9. The van der Waals surface area contributed by atoms with Gasteiger partial charge in [0.25, 0.3) is 10.0 Å². The molecule has 0 unspecified atom stereocenters. The molecule has 1 aromatic heterocycles. The minimum Gasteiger partial charge on any atom is -0.495 e. The normalized spacial score (nSPS) is 17.8. The van der Waals surface area contributed by atoms with Crippen molar-refractivity contribution in [3.8, 4) is 16.3 Å². The van der Waals surface area contributed by atoms with Crippen molar-refractivity contribution in [2.75, 3.05) is 11.8 Å². The van der Waals surface area contributed by atoms with Gasteiger partial charge in [0.1, 0.15) is 16.6 Å². The molecule has 1 aliphatic carbocycles. The van der Waals surface area contributed by atoms with Gasteiger partial charge in [0.15, 0.2) is 5.03 Å². The van der Waals surface area contributed by atoms with E-state index in [4.69, 9.17) is 9.84 Å². The number of aromatic carboxylic acids is 1. The Balaban J connectivity index is 1.45. The van der Waals surface area contributed by atoms with E-state index < -0.39 is 21.8 Å². The van der Waals surface area contributed by atoms with Crippen molar-refractivity contribution in [1.29, 1.82) is 0 Å².